The molecule has 73 heavy (non-hydrogen) atoms. The Morgan fingerprint density at radius 1 is 0.452 bits per heavy atom. The first-order valence-corrected chi connectivity index (χ1v) is 29.2. The number of aliphatic hydroxyl groups is 7. The molecule has 0 aromatic rings. The maximum atomic E-state index is 13.0. The Hall–Kier alpha value is -2.05. The molecule has 11 unspecified atom stereocenters. The standard InChI is InChI=1S/C59H106O14/c1-3-5-7-9-11-13-15-17-19-20-21-22-23-24-25-26-27-29-31-33-35-37-39-41-43-68-45-48(71-51(61)42-40-38-36-34-32-30-28-18-16-14-12-10-8-6-4-2)46-69-58-57(67)55(65)53(63)50(73-58)47-70-59-56(66)54(64)52(62)49(44-60)72-59/h15,17-18,20-21,23-24,28,48-50,52-60,62-67H,3-14,16,19,22,25-27,29-47H2,1-2H3/b17-15-,21-20-,24-23-,28-18-. The topological polar surface area (TPSA) is 214 Å². The summed E-state index contributed by atoms with van der Waals surface area (Å²) in [5.41, 5.74) is 0. The number of allylic oxidation sites excluding steroid dienone is 8. The van der Waals surface area contributed by atoms with Gasteiger partial charge in [-0.3, -0.25) is 4.79 Å². The van der Waals surface area contributed by atoms with Crippen molar-refractivity contribution < 1.29 is 69.0 Å². The zero-order chi connectivity index (χ0) is 53.0. The molecule has 0 aromatic heterocycles. The predicted octanol–water partition coefficient (Wildman–Crippen LogP) is 10.3. The Kier molecular flexibility index (Phi) is 42.3. The Labute approximate surface area is 442 Å². The van der Waals surface area contributed by atoms with Crippen LogP contribution >= 0.6 is 0 Å². The summed E-state index contributed by atoms with van der Waals surface area (Å²) in [7, 11) is 0. The van der Waals surface area contributed by atoms with E-state index in [-0.39, 0.29) is 25.6 Å². The number of carbonyl (C=O) groups excluding carboxylic acids is 1. The van der Waals surface area contributed by atoms with E-state index in [1.165, 1.54) is 116 Å². The van der Waals surface area contributed by atoms with Gasteiger partial charge in [0.1, 0.15) is 54.9 Å². The van der Waals surface area contributed by atoms with Gasteiger partial charge in [0.05, 0.1) is 26.4 Å². The second-order valence-corrected chi connectivity index (χ2v) is 20.5. The normalized spacial score (nSPS) is 25.3. The van der Waals surface area contributed by atoms with Crippen molar-refractivity contribution in [2.45, 2.75) is 287 Å². The van der Waals surface area contributed by atoms with Gasteiger partial charge in [-0.1, -0.05) is 184 Å². The van der Waals surface area contributed by atoms with Gasteiger partial charge in [-0.25, -0.2) is 0 Å². The quantitative estimate of drug-likeness (QED) is 0.0172. The van der Waals surface area contributed by atoms with Gasteiger partial charge in [0.2, 0.25) is 0 Å². The highest BCUT2D eigenvalue weighted by molar-refractivity contribution is 5.69. The monoisotopic (exact) mass is 1040 g/mol. The number of unbranched alkanes of at least 4 members (excludes halogenated alkanes) is 25. The van der Waals surface area contributed by atoms with Crippen LogP contribution in [0.5, 0.6) is 0 Å². The smallest absolute Gasteiger partial charge is 0.306 e. The minimum Gasteiger partial charge on any atom is -0.457 e. The van der Waals surface area contributed by atoms with Crippen molar-refractivity contribution in [2.75, 3.05) is 33.0 Å². The van der Waals surface area contributed by atoms with Crippen LogP contribution in [0.15, 0.2) is 48.6 Å². The molecule has 0 bridgehead atoms. The molecule has 2 aliphatic heterocycles. The van der Waals surface area contributed by atoms with E-state index in [2.05, 4.69) is 62.5 Å². The first-order valence-electron chi connectivity index (χ1n) is 29.2. The summed E-state index contributed by atoms with van der Waals surface area (Å²) >= 11 is 0. The number of carbonyl (C=O) groups is 1. The van der Waals surface area contributed by atoms with E-state index < -0.39 is 80.7 Å². The van der Waals surface area contributed by atoms with E-state index in [4.69, 9.17) is 28.4 Å². The van der Waals surface area contributed by atoms with Crippen molar-refractivity contribution in [2.24, 2.45) is 0 Å². The van der Waals surface area contributed by atoms with Crippen LogP contribution < -0.4 is 0 Å². The van der Waals surface area contributed by atoms with Crippen molar-refractivity contribution >= 4 is 5.97 Å². The van der Waals surface area contributed by atoms with Gasteiger partial charge in [0.15, 0.2) is 12.6 Å². The van der Waals surface area contributed by atoms with Crippen LogP contribution in [-0.4, -0.2) is 142 Å². The van der Waals surface area contributed by atoms with Crippen molar-refractivity contribution in [3.63, 3.8) is 0 Å². The first-order chi connectivity index (χ1) is 35.6. The number of ether oxygens (including phenoxy) is 6. The molecule has 0 aliphatic carbocycles. The second-order valence-electron chi connectivity index (χ2n) is 20.5. The fourth-order valence-corrected chi connectivity index (χ4v) is 9.05. The molecule has 2 fully saturated rings. The van der Waals surface area contributed by atoms with E-state index >= 15 is 0 Å². The van der Waals surface area contributed by atoms with E-state index in [0.29, 0.717) is 13.0 Å². The number of hydrogen-bond donors (Lipinski definition) is 7. The van der Waals surface area contributed by atoms with E-state index in [9.17, 15) is 40.5 Å². The zero-order valence-electron chi connectivity index (χ0n) is 45.6. The molecule has 0 radical (unpaired) electrons. The second kappa shape index (κ2) is 46.1. The largest absolute Gasteiger partial charge is 0.457 e. The van der Waals surface area contributed by atoms with Crippen LogP contribution in [0.4, 0.5) is 0 Å². The molecule has 426 valence electrons. The van der Waals surface area contributed by atoms with Crippen molar-refractivity contribution in [3.8, 4) is 0 Å². The molecule has 2 saturated heterocycles. The SMILES string of the molecule is CCCCCCC/C=C\C/C=C\C/C=C\CCCCCCCCCCCOCC(COC1OC(COC2OC(CO)C(O)C(O)C2O)C(O)C(O)C1O)OC(=O)CCCCCCC/C=C\CCCCCCCC. The van der Waals surface area contributed by atoms with Gasteiger partial charge < -0.3 is 64.2 Å². The van der Waals surface area contributed by atoms with Crippen LogP contribution in [0, 0.1) is 0 Å². The van der Waals surface area contributed by atoms with Crippen LogP contribution in [-0.2, 0) is 33.2 Å². The maximum absolute atomic E-state index is 13.0. The molecule has 0 aromatic carbocycles. The molecule has 14 nitrogen and oxygen atoms in total. The predicted molar refractivity (Wildman–Crippen MR) is 289 cm³/mol. The molecular weight excluding hydrogens is 933 g/mol. The van der Waals surface area contributed by atoms with Gasteiger partial charge >= 0.3 is 5.97 Å². The van der Waals surface area contributed by atoms with Gasteiger partial charge in [-0.05, 0) is 77.0 Å². The third kappa shape index (κ3) is 33.0. The molecule has 0 amide bonds. The Morgan fingerprint density at radius 2 is 0.849 bits per heavy atom. The van der Waals surface area contributed by atoms with E-state index in [0.717, 1.165) is 77.0 Å². The Morgan fingerprint density at radius 3 is 1.34 bits per heavy atom. The summed E-state index contributed by atoms with van der Waals surface area (Å²) in [6.07, 6.45) is 38.8. The number of aliphatic hydroxyl groups excluding tert-OH is 7. The summed E-state index contributed by atoms with van der Waals surface area (Å²) in [6.45, 7) is 3.66. The van der Waals surface area contributed by atoms with Crippen LogP contribution in [0.2, 0.25) is 0 Å². The summed E-state index contributed by atoms with van der Waals surface area (Å²) < 4.78 is 34.4. The van der Waals surface area contributed by atoms with Crippen molar-refractivity contribution in [1.29, 1.82) is 0 Å². The Balaban J connectivity index is 1.71. The lowest BCUT2D eigenvalue weighted by atomic mass is 9.98. The fraction of sp³-hybridized carbons (Fsp3) is 0.847. The highest BCUT2D eigenvalue weighted by atomic mass is 16.7. The number of rotatable bonds is 47. The lowest BCUT2D eigenvalue weighted by molar-refractivity contribution is -0.332. The molecule has 2 heterocycles. The van der Waals surface area contributed by atoms with Gasteiger partial charge in [0.25, 0.3) is 0 Å². The van der Waals surface area contributed by atoms with Crippen LogP contribution in [0.3, 0.4) is 0 Å². The summed E-state index contributed by atoms with van der Waals surface area (Å²) in [5.74, 6) is -0.386. The summed E-state index contributed by atoms with van der Waals surface area (Å²) in [5, 5.41) is 72.3. The summed E-state index contributed by atoms with van der Waals surface area (Å²) in [6, 6.07) is 0. The maximum Gasteiger partial charge on any atom is 0.306 e. The molecule has 2 aliphatic rings. The first kappa shape index (κ1) is 67.1. The van der Waals surface area contributed by atoms with Gasteiger partial charge in [-0.2, -0.15) is 0 Å². The third-order valence-corrected chi connectivity index (χ3v) is 13.8. The van der Waals surface area contributed by atoms with E-state index in [1.54, 1.807) is 0 Å². The third-order valence-electron chi connectivity index (χ3n) is 13.8. The average molecular weight is 1040 g/mol. The molecule has 0 saturated carbocycles. The number of hydrogen-bond acceptors (Lipinski definition) is 14. The zero-order valence-corrected chi connectivity index (χ0v) is 45.6. The van der Waals surface area contributed by atoms with Crippen LogP contribution in [0.25, 0.3) is 0 Å². The minimum absolute atomic E-state index is 0.0542. The summed E-state index contributed by atoms with van der Waals surface area (Å²) in [4.78, 5) is 13.0. The van der Waals surface area contributed by atoms with E-state index in [1.807, 2.05) is 0 Å². The lowest BCUT2D eigenvalue weighted by Gasteiger charge is -2.42. The van der Waals surface area contributed by atoms with Crippen molar-refractivity contribution in [1.82, 2.24) is 0 Å². The molecular formula is C59H106O14. The highest BCUT2D eigenvalue weighted by Gasteiger charge is 2.47. The molecule has 14 heteroatoms. The molecule has 0 spiro atoms. The minimum atomic E-state index is -1.71. The molecule has 7 N–H and O–H groups in total. The average Bonchev–Trinajstić information content (AvgIpc) is 3.39. The highest BCUT2D eigenvalue weighted by Crippen LogP contribution is 2.26. The van der Waals surface area contributed by atoms with Crippen LogP contribution in [0.1, 0.15) is 219 Å². The van der Waals surface area contributed by atoms with Gasteiger partial charge in [0, 0.05) is 13.0 Å². The van der Waals surface area contributed by atoms with Gasteiger partial charge in [-0.15, -0.1) is 0 Å². The fourth-order valence-electron chi connectivity index (χ4n) is 9.05. The number of esters is 1. The molecule has 2 rings (SSSR count). The molecule has 11 atom stereocenters. The lowest BCUT2D eigenvalue weighted by Crippen LogP contribution is -2.61. The van der Waals surface area contributed by atoms with Crippen molar-refractivity contribution in [3.05, 3.63) is 48.6 Å². The Bertz CT molecular complexity index is 1390.